The highest BCUT2D eigenvalue weighted by Gasteiger charge is 2.25. The van der Waals surface area contributed by atoms with Gasteiger partial charge in [-0.05, 0) is 43.4 Å². The first-order valence-electron chi connectivity index (χ1n) is 7.13. The lowest BCUT2D eigenvalue weighted by Gasteiger charge is -2.26. The molecule has 0 saturated heterocycles. The zero-order valence-electron chi connectivity index (χ0n) is 12.7. The first-order chi connectivity index (χ1) is 10.2. The van der Waals surface area contributed by atoms with Crippen molar-refractivity contribution in [2.24, 2.45) is 0 Å². The third-order valence-corrected chi connectivity index (χ3v) is 4.40. The molecule has 3 heteroatoms. The van der Waals surface area contributed by atoms with Crippen molar-refractivity contribution in [3.05, 3.63) is 65.7 Å². The van der Waals surface area contributed by atoms with Gasteiger partial charge in [0.15, 0.2) is 0 Å². The van der Waals surface area contributed by atoms with E-state index in [0.29, 0.717) is 6.54 Å². The lowest BCUT2D eigenvalue weighted by Crippen LogP contribution is -2.34. The molecule has 0 aromatic heterocycles. The van der Waals surface area contributed by atoms with E-state index < -0.39 is 0 Å². The van der Waals surface area contributed by atoms with Gasteiger partial charge in [0, 0.05) is 12.2 Å². The molecule has 2 aromatic carbocycles. The number of amides is 1. The van der Waals surface area contributed by atoms with Gasteiger partial charge in [0.2, 0.25) is 5.91 Å². The molecule has 0 heterocycles. The average Bonchev–Trinajstić information content (AvgIpc) is 2.50. The molecular weight excluding hydrogens is 278 g/mol. The third-order valence-electron chi connectivity index (χ3n) is 3.46. The molecule has 0 fully saturated rings. The molecule has 0 bridgehead atoms. The highest BCUT2D eigenvalue weighted by Crippen LogP contribution is 2.30. The Kier molecular flexibility index (Phi) is 5.45. The van der Waals surface area contributed by atoms with Crippen LogP contribution in [-0.4, -0.2) is 18.7 Å². The maximum absolute atomic E-state index is 12.9. The minimum absolute atomic E-state index is 0.141. The second-order valence-corrected chi connectivity index (χ2v) is 5.89. The summed E-state index contributed by atoms with van der Waals surface area (Å²) in [6, 6.07) is 18.1. The predicted molar refractivity (Wildman–Crippen MR) is 91.9 cm³/mol. The van der Waals surface area contributed by atoms with Crippen molar-refractivity contribution < 1.29 is 4.79 Å². The molecule has 0 saturated carbocycles. The van der Waals surface area contributed by atoms with E-state index in [2.05, 4.69) is 6.07 Å². The van der Waals surface area contributed by atoms with Crippen LogP contribution in [0.2, 0.25) is 0 Å². The lowest BCUT2D eigenvalue weighted by atomic mass is 10.1. The number of benzene rings is 2. The minimum Gasteiger partial charge on any atom is -0.311 e. The van der Waals surface area contributed by atoms with Crippen LogP contribution in [-0.2, 0) is 4.79 Å². The molecule has 0 spiro atoms. The highest BCUT2D eigenvalue weighted by molar-refractivity contribution is 7.99. The van der Waals surface area contributed by atoms with E-state index >= 15 is 0 Å². The fourth-order valence-corrected chi connectivity index (χ4v) is 3.17. The molecule has 1 amide bonds. The molecule has 110 valence electrons. The van der Waals surface area contributed by atoms with E-state index in [1.165, 1.54) is 5.56 Å². The number of carbonyl (C=O) groups excluding carboxylic acids is 1. The van der Waals surface area contributed by atoms with Crippen LogP contribution >= 0.6 is 11.8 Å². The largest absolute Gasteiger partial charge is 0.311 e. The van der Waals surface area contributed by atoms with Gasteiger partial charge in [-0.1, -0.05) is 42.5 Å². The molecular formula is C18H21NOS. The number of nitrogens with zero attached hydrogens (tertiary/aromatic N) is 1. The van der Waals surface area contributed by atoms with Crippen LogP contribution in [0.15, 0.2) is 54.6 Å². The topological polar surface area (TPSA) is 20.3 Å². The Labute approximate surface area is 131 Å². The molecule has 0 N–H and O–H groups in total. The van der Waals surface area contributed by atoms with E-state index in [-0.39, 0.29) is 11.2 Å². The number of thioether (sulfide) groups is 1. The monoisotopic (exact) mass is 299 g/mol. The van der Waals surface area contributed by atoms with Gasteiger partial charge in [-0.2, -0.15) is 0 Å². The summed E-state index contributed by atoms with van der Waals surface area (Å²) in [5, 5.41) is -0.160. The van der Waals surface area contributed by atoms with Crippen LogP contribution < -0.4 is 4.90 Å². The maximum Gasteiger partial charge on any atom is 0.244 e. The molecule has 2 nitrogen and oxygen atoms in total. The molecule has 0 aliphatic carbocycles. The summed E-state index contributed by atoms with van der Waals surface area (Å²) in [4.78, 5) is 14.8. The van der Waals surface area contributed by atoms with Crippen LogP contribution in [0.25, 0.3) is 0 Å². The standard InChI is InChI=1S/C18H21NOS/c1-4-19(16-12-8-9-14(2)13-16)18(20)17(21-3)15-10-6-5-7-11-15/h5-13,17H,4H2,1-3H3. The Morgan fingerprint density at radius 2 is 1.86 bits per heavy atom. The molecule has 0 aliphatic rings. The van der Waals surface area contributed by atoms with Crippen molar-refractivity contribution >= 4 is 23.4 Å². The van der Waals surface area contributed by atoms with E-state index in [4.69, 9.17) is 0 Å². The van der Waals surface area contributed by atoms with Crippen molar-refractivity contribution in [3.63, 3.8) is 0 Å². The van der Waals surface area contributed by atoms with Crippen LogP contribution in [0.1, 0.15) is 23.3 Å². The zero-order valence-corrected chi connectivity index (χ0v) is 13.6. The normalized spacial score (nSPS) is 12.0. The third kappa shape index (κ3) is 3.67. The van der Waals surface area contributed by atoms with Crippen LogP contribution in [0.4, 0.5) is 5.69 Å². The summed E-state index contributed by atoms with van der Waals surface area (Å²) in [5.41, 5.74) is 3.19. The van der Waals surface area contributed by atoms with Crippen LogP contribution in [0, 0.1) is 6.92 Å². The first kappa shape index (κ1) is 15.6. The summed E-state index contributed by atoms with van der Waals surface area (Å²) in [7, 11) is 0. The van der Waals surface area contributed by atoms with Crippen LogP contribution in [0.3, 0.4) is 0 Å². The van der Waals surface area contributed by atoms with Gasteiger partial charge >= 0.3 is 0 Å². The minimum atomic E-state index is -0.160. The van der Waals surface area contributed by atoms with Crippen LogP contribution in [0.5, 0.6) is 0 Å². The van der Waals surface area contributed by atoms with Gasteiger partial charge in [0.25, 0.3) is 0 Å². The summed E-state index contributed by atoms with van der Waals surface area (Å²) in [5.74, 6) is 0.141. The quantitative estimate of drug-likeness (QED) is 0.813. The van der Waals surface area contributed by atoms with Crippen molar-refractivity contribution in [1.29, 1.82) is 0 Å². The van der Waals surface area contributed by atoms with Crippen molar-refractivity contribution in [2.75, 3.05) is 17.7 Å². The Balaban J connectivity index is 2.31. The van der Waals surface area contributed by atoms with E-state index in [1.54, 1.807) is 11.8 Å². The number of hydrogen-bond donors (Lipinski definition) is 0. The Morgan fingerprint density at radius 3 is 2.43 bits per heavy atom. The van der Waals surface area contributed by atoms with E-state index in [0.717, 1.165) is 11.3 Å². The summed E-state index contributed by atoms with van der Waals surface area (Å²) < 4.78 is 0. The molecule has 2 rings (SSSR count). The van der Waals surface area contributed by atoms with Gasteiger partial charge in [-0.3, -0.25) is 4.79 Å². The molecule has 21 heavy (non-hydrogen) atoms. The lowest BCUT2D eigenvalue weighted by molar-refractivity contribution is -0.118. The molecule has 2 aromatic rings. The van der Waals surface area contributed by atoms with Crippen molar-refractivity contribution in [1.82, 2.24) is 0 Å². The Bertz CT molecular complexity index is 597. The molecule has 0 radical (unpaired) electrons. The number of carbonyl (C=O) groups is 1. The highest BCUT2D eigenvalue weighted by atomic mass is 32.2. The second kappa shape index (κ2) is 7.32. The number of rotatable bonds is 5. The SMILES string of the molecule is CCN(C(=O)C(SC)c1ccccc1)c1cccc(C)c1. The van der Waals surface area contributed by atoms with Crippen molar-refractivity contribution in [3.8, 4) is 0 Å². The Morgan fingerprint density at radius 1 is 1.14 bits per heavy atom. The number of anilines is 1. The van der Waals surface area contributed by atoms with Gasteiger partial charge < -0.3 is 4.90 Å². The average molecular weight is 299 g/mol. The predicted octanol–water partition coefficient (Wildman–Crippen LogP) is 4.45. The van der Waals surface area contributed by atoms with Gasteiger partial charge in [-0.15, -0.1) is 11.8 Å². The molecule has 1 unspecified atom stereocenters. The van der Waals surface area contributed by atoms with E-state index in [9.17, 15) is 4.79 Å². The Hall–Kier alpha value is -1.74. The van der Waals surface area contributed by atoms with E-state index in [1.807, 2.05) is 73.5 Å². The molecule has 1 atom stereocenters. The summed E-state index contributed by atoms with van der Waals surface area (Å²) in [6.45, 7) is 4.74. The smallest absolute Gasteiger partial charge is 0.244 e. The summed E-state index contributed by atoms with van der Waals surface area (Å²) >= 11 is 1.58. The second-order valence-electron chi connectivity index (χ2n) is 4.95. The first-order valence-corrected chi connectivity index (χ1v) is 8.42. The van der Waals surface area contributed by atoms with Gasteiger partial charge in [0.05, 0.1) is 0 Å². The number of aryl methyl sites for hydroxylation is 1. The maximum atomic E-state index is 12.9. The number of hydrogen-bond acceptors (Lipinski definition) is 2. The fraction of sp³-hybridized carbons (Fsp3) is 0.278. The molecule has 0 aliphatic heterocycles. The zero-order chi connectivity index (χ0) is 15.2. The van der Waals surface area contributed by atoms with Crippen molar-refractivity contribution in [2.45, 2.75) is 19.1 Å². The fourth-order valence-electron chi connectivity index (χ4n) is 2.41. The summed E-state index contributed by atoms with van der Waals surface area (Å²) in [6.07, 6.45) is 1.99. The number of likely N-dealkylation sites (N-methyl/N-ethyl adjacent to an activating group) is 1. The van der Waals surface area contributed by atoms with Gasteiger partial charge in [-0.25, -0.2) is 0 Å². The van der Waals surface area contributed by atoms with Gasteiger partial charge in [0.1, 0.15) is 5.25 Å².